The molecule has 0 amide bonds. The van der Waals surface area contributed by atoms with Crippen molar-refractivity contribution in [2.24, 2.45) is 17.3 Å². The van der Waals surface area contributed by atoms with Crippen molar-refractivity contribution in [3.8, 4) is 0 Å². The van der Waals surface area contributed by atoms with Crippen LogP contribution in [0.3, 0.4) is 0 Å². The zero-order chi connectivity index (χ0) is 41.1. The molecule has 11 heteroatoms. The maximum Gasteiger partial charge on any atom is 0.152 e. The molecule has 2 aromatic carbocycles. The Kier molecular flexibility index (Phi) is 12.9. The molecule has 1 unspecified atom stereocenters. The number of benzene rings is 2. The largest absolute Gasteiger partial charge is 0.398 e. The van der Waals surface area contributed by atoms with Crippen LogP contribution in [0.5, 0.6) is 0 Å². The Bertz CT molecular complexity index is 1950. The molecule has 0 spiro atoms. The van der Waals surface area contributed by atoms with E-state index in [2.05, 4.69) is 72.0 Å². The van der Waals surface area contributed by atoms with Gasteiger partial charge in [0.05, 0.1) is 18.1 Å². The molecule has 5 heterocycles. The third-order valence-electron chi connectivity index (χ3n) is 14.3. The van der Waals surface area contributed by atoms with Crippen LogP contribution in [0.2, 0.25) is 0 Å². The van der Waals surface area contributed by atoms with Gasteiger partial charge in [-0.3, -0.25) is 9.80 Å². The molecule has 5 aliphatic rings. The minimum absolute atomic E-state index is 0.0529. The number of allylic oxidation sites excluding steroid dienone is 1. The van der Waals surface area contributed by atoms with Crippen molar-refractivity contribution >= 4 is 22.9 Å². The molecule has 1 saturated carbocycles. The summed E-state index contributed by atoms with van der Waals surface area (Å²) in [6, 6.07) is 9.97. The number of anilines is 3. The van der Waals surface area contributed by atoms with E-state index in [-0.39, 0.29) is 17.0 Å². The number of rotatable bonds is 17. The number of hydrogen-bond donors (Lipinski definition) is 2. The van der Waals surface area contributed by atoms with Gasteiger partial charge in [0, 0.05) is 99.9 Å². The number of fused-ring (bicyclic) bond motifs is 1. The lowest BCUT2D eigenvalue weighted by molar-refractivity contribution is 0.182. The van der Waals surface area contributed by atoms with Gasteiger partial charge in [0.15, 0.2) is 5.82 Å². The lowest BCUT2D eigenvalue weighted by Crippen LogP contribution is -2.40. The Morgan fingerprint density at radius 2 is 1.61 bits per heavy atom. The van der Waals surface area contributed by atoms with E-state index < -0.39 is 0 Å². The van der Waals surface area contributed by atoms with Crippen LogP contribution >= 0.6 is 0 Å². The Morgan fingerprint density at radius 3 is 2.27 bits per heavy atom. The van der Waals surface area contributed by atoms with Crippen LogP contribution in [-0.4, -0.2) is 103 Å². The van der Waals surface area contributed by atoms with Gasteiger partial charge in [-0.1, -0.05) is 31.7 Å². The fourth-order valence-corrected chi connectivity index (χ4v) is 10.2. The van der Waals surface area contributed by atoms with Crippen molar-refractivity contribution in [1.29, 1.82) is 0 Å². The summed E-state index contributed by atoms with van der Waals surface area (Å²) < 4.78 is 31.0. The summed E-state index contributed by atoms with van der Waals surface area (Å²) in [7, 11) is 1.98. The lowest BCUT2D eigenvalue weighted by atomic mass is 9.94. The number of nitrogens with one attached hydrogen (secondary N) is 1. The minimum atomic E-state index is -0.196. The summed E-state index contributed by atoms with van der Waals surface area (Å²) in [5, 5.41) is 3.28. The van der Waals surface area contributed by atoms with Gasteiger partial charge in [0.1, 0.15) is 18.0 Å². The van der Waals surface area contributed by atoms with Gasteiger partial charge >= 0.3 is 0 Å². The normalized spacial score (nSPS) is 20.7. The predicted molar refractivity (Wildman–Crippen MR) is 237 cm³/mol. The molecular weight excluding hydrogens is 741 g/mol. The van der Waals surface area contributed by atoms with Crippen LogP contribution in [0.4, 0.5) is 26.0 Å². The summed E-state index contributed by atoms with van der Waals surface area (Å²) in [4.78, 5) is 21.5. The molecule has 4 aliphatic heterocycles. The van der Waals surface area contributed by atoms with Gasteiger partial charge in [0.2, 0.25) is 0 Å². The summed E-state index contributed by atoms with van der Waals surface area (Å²) in [5.41, 5.74) is 13.1. The van der Waals surface area contributed by atoms with Crippen LogP contribution in [0.25, 0.3) is 5.70 Å². The number of nitrogens with zero attached hydrogens (tertiary/aromatic N) is 7. The van der Waals surface area contributed by atoms with Gasteiger partial charge < -0.3 is 25.8 Å². The first-order valence-electron chi connectivity index (χ1n) is 22.4. The van der Waals surface area contributed by atoms with E-state index >= 15 is 4.39 Å². The Morgan fingerprint density at radius 1 is 0.915 bits per heavy atom. The smallest absolute Gasteiger partial charge is 0.152 e. The molecule has 3 aromatic rings. The molecule has 1 aromatic heterocycles. The molecule has 59 heavy (non-hydrogen) atoms. The molecule has 1 atom stereocenters. The fourth-order valence-electron chi connectivity index (χ4n) is 10.2. The molecule has 0 radical (unpaired) electrons. The standard InChI is InChI=1S/C48H67F2N9/c1-5-6-7-40(10-17-52-4)59-31-42-41(34(59)2)8-9-45(47(42)50)57-18-11-35(12-19-57)29-55-22-23-56(33-55)30-36-13-20-58(21-14-36)46-26-39(53-32-54-46)25-37-24-38(28-48(3)15-16-48)43(49)27-44(37)51/h5,8-9,24,26-27,32,35-36,40,52H,1-2,6-7,10-23,25,28-31,33,51H2,3-4H3. The Hall–Kier alpha value is -4.06. The van der Waals surface area contributed by atoms with E-state index in [0.29, 0.717) is 36.5 Å². The van der Waals surface area contributed by atoms with E-state index in [1.165, 1.54) is 6.07 Å². The third-order valence-corrected chi connectivity index (χ3v) is 14.3. The van der Waals surface area contributed by atoms with Crippen LogP contribution in [0, 0.1) is 28.9 Å². The first-order chi connectivity index (χ1) is 28.6. The summed E-state index contributed by atoms with van der Waals surface area (Å²) in [5.74, 6) is 2.05. The first-order valence-corrected chi connectivity index (χ1v) is 22.4. The molecule has 8 rings (SSSR count). The molecule has 1 aliphatic carbocycles. The average molecular weight is 808 g/mol. The monoisotopic (exact) mass is 808 g/mol. The number of hydrogen-bond acceptors (Lipinski definition) is 9. The first kappa shape index (κ1) is 41.7. The number of aromatic nitrogens is 2. The maximum atomic E-state index is 16.2. The van der Waals surface area contributed by atoms with Gasteiger partial charge in [-0.25, -0.2) is 18.7 Å². The fraction of sp³-hybridized carbons (Fsp3) is 0.583. The topological polar surface area (TPSA) is 80.0 Å². The van der Waals surface area contributed by atoms with E-state index in [9.17, 15) is 4.39 Å². The Labute approximate surface area is 351 Å². The van der Waals surface area contributed by atoms with E-state index in [4.69, 9.17) is 5.73 Å². The zero-order valence-electron chi connectivity index (χ0n) is 35.7. The van der Waals surface area contributed by atoms with Crippen LogP contribution in [0.15, 0.2) is 55.9 Å². The van der Waals surface area contributed by atoms with Crippen molar-refractivity contribution in [1.82, 2.24) is 30.0 Å². The number of nitrogen functional groups attached to an aromatic ring is 1. The van der Waals surface area contributed by atoms with Crippen LogP contribution in [0.1, 0.15) is 92.7 Å². The molecule has 3 saturated heterocycles. The second-order valence-electron chi connectivity index (χ2n) is 18.7. The predicted octanol–water partition coefficient (Wildman–Crippen LogP) is 7.71. The molecule has 9 nitrogen and oxygen atoms in total. The molecule has 3 N–H and O–H groups in total. The third kappa shape index (κ3) is 9.79. The minimum Gasteiger partial charge on any atom is -0.398 e. The number of halogens is 2. The molecule has 0 bridgehead atoms. The van der Waals surface area contributed by atoms with Gasteiger partial charge in [-0.05, 0) is 118 Å². The summed E-state index contributed by atoms with van der Waals surface area (Å²) >= 11 is 0. The molecule has 318 valence electrons. The van der Waals surface area contributed by atoms with E-state index in [1.54, 1.807) is 6.33 Å². The average Bonchev–Trinajstić information content (AvgIpc) is 3.63. The van der Waals surface area contributed by atoms with Crippen molar-refractivity contribution < 1.29 is 8.78 Å². The lowest BCUT2D eigenvalue weighted by Gasteiger charge is -2.36. The highest BCUT2D eigenvalue weighted by atomic mass is 19.1. The molecular formula is C48H67F2N9. The Balaban J connectivity index is 0.772. The highest BCUT2D eigenvalue weighted by Gasteiger charge is 2.38. The second-order valence-corrected chi connectivity index (χ2v) is 18.7. The highest BCUT2D eigenvalue weighted by Crippen LogP contribution is 2.48. The van der Waals surface area contributed by atoms with Crippen molar-refractivity contribution in [3.63, 3.8) is 0 Å². The van der Waals surface area contributed by atoms with Gasteiger partial charge in [-0.2, -0.15) is 0 Å². The van der Waals surface area contributed by atoms with E-state index in [1.807, 2.05) is 25.3 Å². The highest BCUT2D eigenvalue weighted by molar-refractivity contribution is 5.72. The van der Waals surface area contributed by atoms with Crippen molar-refractivity contribution in [2.45, 2.75) is 90.1 Å². The molecule has 4 fully saturated rings. The summed E-state index contributed by atoms with van der Waals surface area (Å²) in [6.07, 6.45) is 14.7. The van der Waals surface area contributed by atoms with Gasteiger partial charge in [-0.15, -0.1) is 6.58 Å². The van der Waals surface area contributed by atoms with Crippen molar-refractivity contribution in [2.75, 3.05) is 88.2 Å². The number of nitrogens with two attached hydrogens (primary N) is 1. The number of piperidine rings is 2. The second kappa shape index (κ2) is 18.3. The van der Waals surface area contributed by atoms with Crippen LogP contribution in [-0.2, 0) is 19.4 Å². The van der Waals surface area contributed by atoms with E-state index in [0.717, 1.165) is 175 Å². The zero-order valence-corrected chi connectivity index (χ0v) is 35.7. The van der Waals surface area contributed by atoms with Crippen molar-refractivity contribution in [3.05, 3.63) is 95.5 Å². The van der Waals surface area contributed by atoms with Crippen LogP contribution < -0.4 is 20.9 Å². The van der Waals surface area contributed by atoms with Gasteiger partial charge in [0.25, 0.3) is 0 Å². The maximum absolute atomic E-state index is 16.2. The SMILES string of the molecule is C=CCCC(CCNC)N1Cc2c(ccc(N3CCC(CN4CCN(CC5CCN(c6cc(Cc7cc(CC8(C)CC8)c(F)cc7N)ncn6)CC5)C4)CC3)c2F)C1=C. The summed E-state index contributed by atoms with van der Waals surface area (Å²) in [6.45, 7) is 21.5. The quantitative estimate of drug-likeness (QED) is 0.105.